The lowest BCUT2D eigenvalue weighted by Crippen LogP contribution is -2.34. The third-order valence-electron chi connectivity index (χ3n) is 3.15. The van der Waals surface area contributed by atoms with E-state index in [1.165, 1.54) is 6.20 Å². The molecule has 1 rings (SSSR count). The number of Topliss-reactive ketones (excluding diaryl/α,β-unsaturated/α-hetero) is 1. The van der Waals surface area contributed by atoms with Gasteiger partial charge < -0.3 is 15.0 Å². The molecule has 138 valence electrons. The molecule has 25 heavy (non-hydrogen) atoms. The van der Waals surface area contributed by atoms with Crippen LogP contribution in [0.15, 0.2) is 23.9 Å². The van der Waals surface area contributed by atoms with Gasteiger partial charge in [-0.2, -0.15) is 0 Å². The lowest BCUT2D eigenvalue weighted by molar-refractivity contribution is -0.138. The fraction of sp³-hybridized carbons (Fsp3) is 0.412. The monoisotopic (exact) mass is 390 g/mol. The second-order valence-electron chi connectivity index (χ2n) is 5.68. The predicted octanol–water partition coefficient (Wildman–Crippen LogP) is 3.30. The maximum atomic E-state index is 13.7. The first kappa shape index (κ1) is 21.4. The number of hydrogen-bond acceptors (Lipinski definition) is 5. The smallest absolute Gasteiger partial charge is 0.343 e. The van der Waals surface area contributed by atoms with Crippen LogP contribution in [-0.4, -0.2) is 49.9 Å². The molecule has 1 aromatic carbocycles. The Morgan fingerprint density at radius 2 is 1.96 bits per heavy atom. The second kappa shape index (κ2) is 9.75. The lowest BCUT2D eigenvalue weighted by atomic mass is 10.0. The number of esters is 1. The zero-order valence-corrected chi connectivity index (χ0v) is 16.0. The molecule has 0 heterocycles. The number of ketones is 1. The number of likely N-dealkylation sites (N-methyl/N-ethyl adjacent to an activating group) is 1. The Hall–Kier alpha value is -1.63. The molecule has 0 bridgehead atoms. The van der Waals surface area contributed by atoms with Gasteiger partial charge in [0.25, 0.3) is 0 Å². The van der Waals surface area contributed by atoms with E-state index in [-0.39, 0.29) is 33.8 Å². The van der Waals surface area contributed by atoms with Crippen LogP contribution in [0, 0.1) is 5.82 Å². The number of halogens is 3. The molecule has 1 N–H and O–H groups in total. The summed E-state index contributed by atoms with van der Waals surface area (Å²) in [6.45, 7) is 4.28. The predicted molar refractivity (Wildman–Crippen MR) is 96.6 cm³/mol. The van der Waals surface area contributed by atoms with E-state index in [0.29, 0.717) is 6.54 Å². The van der Waals surface area contributed by atoms with Gasteiger partial charge in [-0.05, 0) is 40.1 Å². The maximum Gasteiger partial charge on any atom is 0.343 e. The van der Waals surface area contributed by atoms with Gasteiger partial charge in [-0.25, -0.2) is 9.18 Å². The molecule has 0 aliphatic heterocycles. The molecule has 5 nitrogen and oxygen atoms in total. The molecular formula is C17H21Cl2FN2O3. The number of nitrogens with one attached hydrogen (secondary N) is 1. The van der Waals surface area contributed by atoms with Crippen LogP contribution in [0.3, 0.4) is 0 Å². The zero-order chi connectivity index (χ0) is 19.1. The molecule has 0 saturated heterocycles. The number of rotatable bonds is 8. The summed E-state index contributed by atoms with van der Waals surface area (Å²) in [6.07, 6.45) is 1.28. The molecule has 0 spiro atoms. The highest BCUT2D eigenvalue weighted by Crippen LogP contribution is 2.26. The van der Waals surface area contributed by atoms with E-state index in [4.69, 9.17) is 27.9 Å². The Labute approximate surface area is 156 Å². The van der Waals surface area contributed by atoms with Crippen molar-refractivity contribution in [2.24, 2.45) is 0 Å². The summed E-state index contributed by atoms with van der Waals surface area (Å²) in [5, 5.41) is 2.71. The third kappa shape index (κ3) is 6.30. The summed E-state index contributed by atoms with van der Waals surface area (Å²) >= 11 is 11.6. The third-order valence-corrected chi connectivity index (χ3v) is 3.75. The highest BCUT2D eigenvalue weighted by Gasteiger charge is 2.24. The fourth-order valence-corrected chi connectivity index (χ4v) is 2.56. The van der Waals surface area contributed by atoms with Crippen molar-refractivity contribution >= 4 is 35.0 Å². The molecule has 0 aliphatic rings. The molecular weight excluding hydrogens is 370 g/mol. The summed E-state index contributed by atoms with van der Waals surface area (Å²) in [4.78, 5) is 26.7. The fourth-order valence-electron chi connectivity index (χ4n) is 2.09. The standard InChI is InChI=1S/C17H21Cl2FN2O3/c1-5-25-17(24)12(8-21-10(2)9-22(3)4)16(23)11-6-15(20)14(19)7-13(11)18/h6-8,10,21H,5,9H2,1-4H3. The largest absolute Gasteiger partial charge is 0.462 e. The van der Waals surface area contributed by atoms with Gasteiger partial charge in [-0.1, -0.05) is 23.2 Å². The summed E-state index contributed by atoms with van der Waals surface area (Å²) in [6, 6.07) is 1.99. The molecule has 1 aromatic rings. The van der Waals surface area contributed by atoms with Gasteiger partial charge in [0.1, 0.15) is 11.4 Å². The molecule has 0 saturated carbocycles. The van der Waals surface area contributed by atoms with E-state index in [2.05, 4.69) is 5.32 Å². The number of ether oxygens (including phenoxy) is 1. The molecule has 0 radical (unpaired) electrons. The van der Waals surface area contributed by atoms with Crippen molar-refractivity contribution in [3.05, 3.63) is 45.3 Å². The Morgan fingerprint density at radius 3 is 2.52 bits per heavy atom. The minimum atomic E-state index is -0.816. The first-order valence-electron chi connectivity index (χ1n) is 7.64. The van der Waals surface area contributed by atoms with E-state index >= 15 is 0 Å². The Bertz CT molecular complexity index is 678. The Morgan fingerprint density at radius 1 is 1.32 bits per heavy atom. The summed E-state index contributed by atoms with van der Waals surface area (Å²) < 4.78 is 18.6. The van der Waals surface area contributed by atoms with Gasteiger partial charge in [-0.3, -0.25) is 4.79 Å². The van der Waals surface area contributed by atoms with Crippen LogP contribution in [-0.2, 0) is 9.53 Å². The second-order valence-corrected chi connectivity index (χ2v) is 6.50. The van der Waals surface area contributed by atoms with Gasteiger partial charge in [0, 0.05) is 24.4 Å². The summed E-state index contributed by atoms with van der Waals surface area (Å²) in [7, 11) is 3.80. The molecule has 8 heteroatoms. The van der Waals surface area contributed by atoms with E-state index in [9.17, 15) is 14.0 Å². The number of carbonyl (C=O) groups is 2. The highest BCUT2D eigenvalue weighted by atomic mass is 35.5. The molecule has 0 aliphatic carbocycles. The topological polar surface area (TPSA) is 58.6 Å². The van der Waals surface area contributed by atoms with Crippen molar-refractivity contribution in [3.8, 4) is 0 Å². The Balaban J connectivity index is 3.17. The van der Waals surface area contributed by atoms with E-state index in [1.54, 1.807) is 6.92 Å². The normalized spacial score (nSPS) is 12.9. The Kier molecular flexibility index (Phi) is 8.35. The van der Waals surface area contributed by atoms with Crippen molar-refractivity contribution in [1.29, 1.82) is 0 Å². The minimum absolute atomic E-state index is 0.0374. The molecule has 0 amide bonds. The quantitative estimate of drug-likeness (QED) is 0.184. The van der Waals surface area contributed by atoms with Crippen molar-refractivity contribution in [2.75, 3.05) is 27.2 Å². The van der Waals surface area contributed by atoms with Crippen LogP contribution < -0.4 is 5.32 Å². The van der Waals surface area contributed by atoms with Crippen molar-refractivity contribution in [3.63, 3.8) is 0 Å². The lowest BCUT2D eigenvalue weighted by Gasteiger charge is -2.18. The van der Waals surface area contributed by atoms with Crippen LogP contribution >= 0.6 is 23.2 Å². The number of benzene rings is 1. The maximum absolute atomic E-state index is 13.7. The number of carbonyl (C=O) groups excluding carboxylic acids is 2. The van der Waals surface area contributed by atoms with Crippen LogP contribution in [0.25, 0.3) is 0 Å². The molecule has 1 atom stereocenters. The van der Waals surface area contributed by atoms with Crippen LogP contribution in [0.4, 0.5) is 4.39 Å². The first-order valence-corrected chi connectivity index (χ1v) is 8.40. The van der Waals surface area contributed by atoms with E-state index in [1.807, 2.05) is 25.9 Å². The molecule has 1 unspecified atom stereocenters. The number of hydrogen-bond donors (Lipinski definition) is 1. The van der Waals surface area contributed by atoms with E-state index in [0.717, 1.165) is 12.1 Å². The van der Waals surface area contributed by atoms with Gasteiger partial charge in [0.15, 0.2) is 0 Å². The minimum Gasteiger partial charge on any atom is -0.462 e. The summed E-state index contributed by atoms with van der Waals surface area (Å²) in [5.41, 5.74) is -0.430. The van der Waals surface area contributed by atoms with Crippen LogP contribution in [0.1, 0.15) is 24.2 Å². The SMILES string of the molecule is CCOC(=O)C(=CNC(C)CN(C)C)C(=O)c1cc(F)c(Cl)cc1Cl. The average molecular weight is 391 g/mol. The van der Waals surface area contributed by atoms with Gasteiger partial charge in [0.2, 0.25) is 5.78 Å². The van der Waals surface area contributed by atoms with Crippen LogP contribution in [0.5, 0.6) is 0 Å². The zero-order valence-electron chi connectivity index (χ0n) is 14.5. The van der Waals surface area contributed by atoms with Crippen molar-refractivity contribution in [1.82, 2.24) is 10.2 Å². The average Bonchev–Trinajstić information content (AvgIpc) is 2.50. The molecule has 0 fully saturated rings. The van der Waals surface area contributed by atoms with E-state index < -0.39 is 17.6 Å². The number of nitrogens with zero attached hydrogens (tertiary/aromatic N) is 1. The van der Waals surface area contributed by atoms with Crippen molar-refractivity contribution in [2.45, 2.75) is 19.9 Å². The molecule has 0 aromatic heterocycles. The first-order chi connectivity index (χ1) is 11.7. The van der Waals surface area contributed by atoms with Gasteiger partial charge in [0.05, 0.1) is 16.7 Å². The van der Waals surface area contributed by atoms with Crippen LogP contribution in [0.2, 0.25) is 10.0 Å². The highest BCUT2D eigenvalue weighted by molar-refractivity contribution is 6.39. The van der Waals surface area contributed by atoms with Gasteiger partial charge >= 0.3 is 5.97 Å². The summed E-state index contributed by atoms with van der Waals surface area (Å²) in [5.74, 6) is -2.36. The van der Waals surface area contributed by atoms with Crippen molar-refractivity contribution < 1.29 is 18.7 Å². The van der Waals surface area contributed by atoms with Gasteiger partial charge in [-0.15, -0.1) is 0 Å².